The molecule has 0 radical (unpaired) electrons. The number of nitrogens with zero attached hydrogens (tertiary/aromatic N) is 3. The van der Waals surface area contributed by atoms with Gasteiger partial charge in [-0.25, -0.2) is 0 Å². The van der Waals surface area contributed by atoms with Crippen LogP contribution in [0.3, 0.4) is 0 Å². The second-order valence-electron chi connectivity index (χ2n) is 4.83. The summed E-state index contributed by atoms with van der Waals surface area (Å²) in [6, 6.07) is 3.70. The van der Waals surface area contributed by atoms with Gasteiger partial charge in [0.2, 0.25) is 0 Å². The molecule has 108 valence electrons. The molecule has 1 N–H and O–H groups in total. The molecule has 1 aromatic carbocycles. The van der Waals surface area contributed by atoms with Crippen LogP contribution in [0.15, 0.2) is 18.2 Å². The van der Waals surface area contributed by atoms with Gasteiger partial charge < -0.3 is 5.11 Å². The van der Waals surface area contributed by atoms with Crippen molar-refractivity contribution in [1.29, 1.82) is 0 Å². The number of aliphatic hydroxyl groups is 1. The Hall–Kier alpha value is -2.06. The zero-order chi connectivity index (χ0) is 14.7. The molecule has 1 aliphatic rings. The van der Waals surface area contributed by atoms with Crippen LogP contribution in [-0.4, -0.2) is 39.0 Å². The van der Waals surface area contributed by atoms with Crippen molar-refractivity contribution in [3.63, 3.8) is 0 Å². The highest BCUT2D eigenvalue weighted by Gasteiger charge is 2.23. The second kappa shape index (κ2) is 5.93. The molecule has 0 spiro atoms. The van der Waals surface area contributed by atoms with Gasteiger partial charge >= 0.3 is 0 Å². The van der Waals surface area contributed by atoms with Crippen molar-refractivity contribution in [2.24, 2.45) is 0 Å². The summed E-state index contributed by atoms with van der Waals surface area (Å²) in [5.41, 5.74) is -0.0585. The zero-order valence-electron chi connectivity index (χ0n) is 10.8. The van der Waals surface area contributed by atoms with Crippen molar-refractivity contribution in [3.8, 4) is 0 Å². The Kier molecular flexibility index (Phi) is 4.26. The summed E-state index contributed by atoms with van der Waals surface area (Å²) < 4.78 is 0. The van der Waals surface area contributed by atoms with Gasteiger partial charge in [-0.05, 0) is 18.9 Å². The highest BCUT2D eigenvalue weighted by Crippen LogP contribution is 2.26. The molecule has 1 aliphatic heterocycles. The van der Waals surface area contributed by atoms with Crippen LogP contribution in [0.25, 0.3) is 0 Å². The first-order valence-corrected chi connectivity index (χ1v) is 6.29. The third kappa shape index (κ3) is 3.28. The Labute approximate surface area is 114 Å². The van der Waals surface area contributed by atoms with Crippen LogP contribution in [0, 0.1) is 20.2 Å². The van der Waals surface area contributed by atoms with Gasteiger partial charge in [0.25, 0.3) is 11.4 Å². The Balaban J connectivity index is 2.18. The number of hydrogen-bond acceptors (Lipinski definition) is 6. The summed E-state index contributed by atoms with van der Waals surface area (Å²) in [5, 5.41) is 31.1. The average molecular weight is 281 g/mol. The Morgan fingerprint density at radius 3 is 2.40 bits per heavy atom. The normalized spacial score (nSPS) is 17.1. The van der Waals surface area contributed by atoms with E-state index in [9.17, 15) is 25.3 Å². The minimum absolute atomic E-state index is 0.231. The van der Waals surface area contributed by atoms with Crippen molar-refractivity contribution in [3.05, 3.63) is 44.0 Å². The first kappa shape index (κ1) is 14.4. The lowest BCUT2D eigenvalue weighted by molar-refractivity contribution is -0.394. The smallest absolute Gasteiger partial charge is 0.280 e. The molecule has 8 nitrogen and oxygen atoms in total. The van der Waals surface area contributed by atoms with Crippen molar-refractivity contribution in [2.75, 3.05) is 13.1 Å². The predicted octanol–water partition coefficient (Wildman–Crippen LogP) is 1.46. The van der Waals surface area contributed by atoms with Crippen molar-refractivity contribution >= 4 is 11.4 Å². The summed E-state index contributed by atoms with van der Waals surface area (Å²) >= 11 is 0. The highest BCUT2D eigenvalue weighted by atomic mass is 16.6. The molecule has 0 saturated carbocycles. The van der Waals surface area contributed by atoms with Gasteiger partial charge in [0, 0.05) is 31.3 Å². The van der Waals surface area contributed by atoms with Crippen LogP contribution in [0.1, 0.15) is 18.4 Å². The van der Waals surface area contributed by atoms with Gasteiger partial charge in [0.05, 0.1) is 22.0 Å². The van der Waals surface area contributed by atoms with Gasteiger partial charge in [0.15, 0.2) is 0 Å². The largest absolute Gasteiger partial charge is 0.393 e. The number of nitro benzene ring substituents is 2. The third-order valence-corrected chi connectivity index (χ3v) is 3.43. The second-order valence-corrected chi connectivity index (χ2v) is 4.83. The van der Waals surface area contributed by atoms with Crippen molar-refractivity contribution in [1.82, 2.24) is 4.90 Å². The van der Waals surface area contributed by atoms with Gasteiger partial charge in [-0.2, -0.15) is 0 Å². The predicted molar refractivity (Wildman–Crippen MR) is 70.3 cm³/mol. The SMILES string of the molecule is O=[N+]([O-])c1ccc(CN2CCC(O)CC2)c([N+](=O)[O-])c1. The van der Waals surface area contributed by atoms with Gasteiger partial charge in [-0.15, -0.1) is 0 Å². The molecule has 0 unspecified atom stereocenters. The summed E-state index contributed by atoms with van der Waals surface area (Å²) in [6.45, 7) is 1.69. The average Bonchev–Trinajstić information content (AvgIpc) is 2.41. The molecule has 0 amide bonds. The maximum atomic E-state index is 11.0. The molecular weight excluding hydrogens is 266 g/mol. The topological polar surface area (TPSA) is 110 Å². The molecule has 1 heterocycles. The zero-order valence-corrected chi connectivity index (χ0v) is 10.8. The van der Waals surface area contributed by atoms with E-state index in [0.717, 1.165) is 6.07 Å². The molecule has 0 aromatic heterocycles. The van der Waals surface area contributed by atoms with E-state index in [1.807, 2.05) is 4.90 Å². The standard InChI is InChI=1S/C12H15N3O5/c16-11-3-5-13(6-4-11)8-9-1-2-10(14(17)18)7-12(9)15(19)20/h1-2,7,11,16H,3-6,8H2. The van der Waals surface area contributed by atoms with Crippen LogP contribution in [0.4, 0.5) is 11.4 Å². The lowest BCUT2D eigenvalue weighted by Crippen LogP contribution is -2.35. The maximum absolute atomic E-state index is 11.0. The van der Waals surface area contributed by atoms with E-state index < -0.39 is 9.85 Å². The van der Waals surface area contributed by atoms with E-state index in [1.165, 1.54) is 12.1 Å². The molecule has 20 heavy (non-hydrogen) atoms. The van der Waals surface area contributed by atoms with E-state index in [4.69, 9.17) is 0 Å². The number of likely N-dealkylation sites (tertiary alicyclic amines) is 1. The number of benzene rings is 1. The van der Waals surface area contributed by atoms with Gasteiger partial charge in [0.1, 0.15) is 0 Å². The van der Waals surface area contributed by atoms with E-state index in [0.29, 0.717) is 38.0 Å². The minimum Gasteiger partial charge on any atom is -0.393 e. The van der Waals surface area contributed by atoms with E-state index in [1.54, 1.807) is 0 Å². The van der Waals surface area contributed by atoms with Gasteiger partial charge in [-0.3, -0.25) is 25.1 Å². The van der Waals surface area contributed by atoms with Crippen LogP contribution >= 0.6 is 0 Å². The van der Waals surface area contributed by atoms with E-state index >= 15 is 0 Å². The highest BCUT2D eigenvalue weighted by molar-refractivity contribution is 5.49. The quantitative estimate of drug-likeness (QED) is 0.660. The molecular formula is C12H15N3O5. The molecule has 1 fully saturated rings. The summed E-state index contributed by atoms with van der Waals surface area (Å²) in [7, 11) is 0. The van der Waals surface area contributed by atoms with Crippen molar-refractivity contribution < 1.29 is 15.0 Å². The molecule has 0 aliphatic carbocycles. The molecule has 8 heteroatoms. The van der Waals surface area contributed by atoms with Crippen LogP contribution in [-0.2, 0) is 6.54 Å². The van der Waals surface area contributed by atoms with Crippen LogP contribution < -0.4 is 0 Å². The minimum atomic E-state index is -0.645. The first-order chi connectivity index (χ1) is 9.47. The summed E-state index contributed by atoms with van der Waals surface area (Å²) in [6.07, 6.45) is 0.972. The lowest BCUT2D eigenvalue weighted by Gasteiger charge is -2.29. The molecule has 0 atom stereocenters. The molecule has 2 rings (SSSR count). The maximum Gasteiger partial charge on any atom is 0.280 e. The number of hydrogen-bond donors (Lipinski definition) is 1. The van der Waals surface area contributed by atoms with Crippen molar-refractivity contribution in [2.45, 2.75) is 25.5 Å². The fraction of sp³-hybridized carbons (Fsp3) is 0.500. The number of non-ortho nitro benzene ring substituents is 1. The summed E-state index contributed by atoms with van der Waals surface area (Å²) in [5.74, 6) is 0. The van der Waals surface area contributed by atoms with Crippen LogP contribution in [0.5, 0.6) is 0 Å². The third-order valence-electron chi connectivity index (χ3n) is 3.43. The number of rotatable bonds is 4. The Morgan fingerprint density at radius 1 is 1.20 bits per heavy atom. The fourth-order valence-electron chi connectivity index (χ4n) is 2.29. The Bertz CT molecular complexity index is 526. The first-order valence-electron chi connectivity index (χ1n) is 6.29. The van der Waals surface area contributed by atoms with E-state index in [-0.39, 0.29) is 17.5 Å². The Morgan fingerprint density at radius 2 is 1.85 bits per heavy atom. The summed E-state index contributed by atoms with van der Waals surface area (Å²) in [4.78, 5) is 22.4. The molecule has 1 aromatic rings. The van der Waals surface area contributed by atoms with E-state index in [2.05, 4.69) is 0 Å². The number of aliphatic hydroxyl groups excluding tert-OH is 1. The lowest BCUT2D eigenvalue weighted by atomic mass is 10.1. The fourth-order valence-corrected chi connectivity index (χ4v) is 2.29. The van der Waals surface area contributed by atoms with Crippen LogP contribution in [0.2, 0.25) is 0 Å². The number of nitro groups is 2. The number of piperidine rings is 1. The molecule has 0 bridgehead atoms. The van der Waals surface area contributed by atoms with Gasteiger partial charge in [-0.1, -0.05) is 0 Å². The monoisotopic (exact) mass is 281 g/mol. The molecule has 1 saturated heterocycles.